The minimum atomic E-state index is -1.23. The maximum absolute atomic E-state index is 13.1. The van der Waals surface area contributed by atoms with E-state index in [1.807, 2.05) is 12.1 Å². The molecule has 0 radical (unpaired) electrons. The van der Waals surface area contributed by atoms with E-state index in [4.69, 9.17) is 21.1 Å². The molecule has 2 amide bonds. The summed E-state index contributed by atoms with van der Waals surface area (Å²) in [5, 5.41) is 20.0. The average Bonchev–Trinajstić information content (AvgIpc) is 3.54. The maximum Gasteiger partial charge on any atom is 0.415 e. The van der Waals surface area contributed by atoms with E-state index < -0.39 is 34.4 Å². The van der Waals surface area contributed by atoms with E-state index in [1.54, 1.807) is 25.3 Å². The molecule has 3 aliphatic rings. The number of pyridine rings is 1. The van der Waals surface area contributed by atoms with Gasteiger partial charge in [-0.3, -0.25) is 9.78 Å². The van der Waals surface area contributed by atoms with Gasteiger partial charge in [-0.25, -0.2) is 4.79 Å². The van der Waals surface area contributed by atoms with Gasteiger partial charge >= 0.3 is 6.09 Å². The Hall–Kier alpha value is -4.24. The van der Waals surface area contributed by atoms with Gasteiger partial charge in [0.05, 0.1) is 12.3 Å². The van der Waals surface area contributed by atoms with Crippen molar-refractivity contribution in [3.63, 3.8) is 0 Å². The molecule has 5 rings (SSSR count). The van der Waals surface area contributed by atoms with Gasteiger partial charge < -0.3 is 28.9 Å². The first-order valence-corrected chi connectivity index (χ1v) is 13.2. The summed E-state index contributed by atoms with van der Waals surface area (Å²) < 4.78 is 11.8. The Labute approximate surface area is 238 Å². The first-order chi connectivity index (χ1) is 19.6. The number of halogens is 1. The van der Waals surface area contributed by atoms with Crippen molar-refractivity contribution in [3.05, 3.63) is 78.1 Å². The van der Waals surface area contributed by atoms with Crippen LogP contribution in [-0.2, 0) is 25.8 Å². The second-order valence-corrected chi connectivity index (χ2v) is 10.4. The van der Waals surface area contributed by atoms with Crippen molar-refractivity contribution >= 4 is 23.6 Å². The summed E-state index contributed by atoms with van der Waals surface area (Å²) in [5.41, 5.74) is 2.96. The van der Waals surface area contributed by atoms with Crippen molar-refractivity contribution in [2.24, 2.45) is 5.92 Å². The number of nitrogens with zero attached hydrogens (tertiary/aromatic N) is 5. The van der Waals surface area contributed by atoms with E-state index in [1.165, 1.54) is 9.80 Å². The van der Waals surface area contributed by atoms with Gasteiger partial charge in [0.1, 0.15) is 18.3 Å². The fraction of sp³-hybridized carbons (Fsp3) is 0.480. The molecule has 1 aromatic heterocycles. The SMILES string of the molecule is Cc1ncc2c(c1OC(=O)N1CCN(C(=O)C3C[C@H](O[N+](=O)[O-])[C@H](O[N+](=O)[O-])C3)CC1)CO[C@H]2c1ccc(Cl)cc1. The Kier molecular flexibility index (Phi) is 8.08. The average molecular weight is 592 g/mol. The van der Waals surface area contributed by atoms with Crippen LogP contribution in [0.1, 0.15) is 41.3 Å². The van der Waals surface area contributed by atoms with Crippen LogP contribution in [0.15, 0.2) is 30.5 Å². The molecule has 3 heterocycles. The van der Waals surface area contributed by atoms with Gasteiger partial charge in [-0.15, -0.1) is 20.2 Å². The highest BCUT2D eigenvalue weighted by Crippen LogP contribution is 2.41. The molecule has 1 unspecified atom stereocenters. The molecule has 1 aliphatic carbocycles. The van der Waals surface area contributed by atoms with Crippen LogP contribution >= 0.6 is 11.6 Å². The second-order valence-electron chi connectivity index (χ2n) is 9.93. The Balaban J connectivity index is 1.19. The fourth-order valence-corrected chi connectivity index (χ4v) is 5.58. The molecule has 2 fully saturated rings. The number of fused-ring (bicyclic) bond motifs is 1. The fourth-order valence-electron chi connectivity index (χ4n) is 5.46. The molecule has 0 spiro atoms. The molecular weight excluding hydrogens is 566 g/mol. The Morgan fingerprint density at radius 3 is 2.17 bits per heavy atom. The highest BCUT2D eigenvalue weighted by atomic mass is 35.5. The van der Waals surface area contributed by atoms with Gasteiger partial charge in [-0.2, -0.15) is 0 Å². The lowest BCUT2D eigenvalue weighted by molar-refractivity contribution is -0.797. The first-order valence-electron chi connectivity index (χ1n) is 12.8. The third kappa shape index (κ3) is 6.10. The summed E-state index contributed by atoms with van der Waals surface area (Å²) in [5.74, 6) is -0.754. The number of carbonyl (C=O) groups excluding carboxylic acids is 2. The van der Waals surface area contributed by atoms with E-state index in [0.29, 0.717) is 16.5 Å². The maximum atomic E-state index is 13.1. The molecule has 1 aromatic carbocycles. The number of amides is 2. The zero-order valence-corrected chi connectivity index (χ0v) is 22.6. The smallest absolute Gasteiger partial charge is 0.408 e. The van der Waals surface area contributed by atoms with Crippen molar-refractivity contribution in [2.45, 2.75) is 44.7 Å². The topological polar surface area (TPSA) is 177 Å². The number of aromatic nitrogens is 1. The lowest BCUT2D eigenvalue weighted by atomic mass is 10.0. The lowest BCUT2D eigenvalue weighted by Gasteiger charge is -2.35. The molecule has 2 aliphatic heterocycles. The summed E-state index contributed by atoms with van der Waals surface area (Å²) in [7, 11) is 0. The van der Waals surface area contributed by atoms with Crippen LogP contribution < -0.4 is 4.74 Å². The van der Waals surface area contributed by atoms with Crippen LogP contribution in [0.3, 0.4) is 0 Å². The van der Waals surface area contributed by atoms with Gasteiger partial charge in [-0.05, 0) is 37.5 Å². The number of carbonyl (C=O) groups is 2. The summed E-state index contributed by atoms with van der Waals surface area (Å²) in [4.78, 5) is 64.1. The predicted octanol–water partition coefficient (Wildman–Crippen LogP) is 2.87. The quantitative estimate of drug-likeness (QED) is 0.341. The molecule has 4 atom stereocenters. The van der Waals surface area contributed by atoms with Crippen molar-refractivity contribution in [1.82, 2.24) is 14.8 Å². The summed E-state index contributed by atoms with van der Waals surface area (Å²) in [6.07, 6.45) is -1.89. The third-order valence-electron chi connectivity index (χ3n) is 7.48. The third-order valence-corrected chi connectivity index (χ3v) is 7.73. The Morgan fingerprint density at radius 2 is 1.59 bits per heavy atom. The molecule has 15 nitrogen and oxygen atoms in total. The Bertz CT molecular complexity index is 1330. The number of benzene rings is 1. The van der Waals surface area contributed by atoms with Crippen molar-refractivity contribution in [3.8, 4) is 5.75 Å². The number of hydrogen-bond donors (Lipinski definition) is 0. The summed E-state index contributed by atoms with van der Waals surface area (Å²) >= 11 is 6.01. The zero-order chi connectivity index (χ0) is 29.3. The van der Waals surface area contributed by atoms with E-state index in [0.717, 1.165) is 16.7 Å². The zero-order valence-electron chi connectivity index (χ0n) is 21.8. The monoisotopic (exact) mass is 591 g/mol. The molecule has 0 bridgehead atoms. The molecule has 218 valence electrons. The molecule has 1 saturated heterocycles. The number of ether oxygens (including phenoxy) is 2. The standard InChI is InChI=1S/C25H26ClN5O10/c1-14-22(19-13-38-23(18(19)12-27-14)15-2-4-17(26)5-3-15)39-25(33)29-8-6-28(7-9-29)24(32)16-10-20(40-30(34)35)21(11-16)41-31(36)37/h2-5,12,16,20-21,23H,6-11,13H2,1H3/t16?,20-,21+,23-/m0/s1. The van der Waals surface area contributed by atoms with E-state index >= 15 is 0 Å². The minimum Gasteiger partial charge on any atom is -0.408 e. The van der Waals surface area contributed by atoms with Gasteiger partial charge in [0.2, 0.25) is 5.91 Å². The van der Waals surface area contributed by atoms with E-state index in [9.17, 15) is 29.8 Å². The Morgan fingerprint density at radius 1 is 1.00 bits per heavy atom. The number of aryl methyl sites for hydroxylation is 1. The molecular formula is C25H26ClN5O10. The normalized spacial score (nSPS) is 23.6. The second kappa shape index (κ2) is 11.7. The van der Waals surface area contributed by atoms with Gasteiger partial charge in [0.25, 0.3) is 10.2 Å². The van der Waals surface area contributed by atoms with Crippen molar-refractivity contribution in [1.29, 1.82) is 0 Å². The van der Waals surface area contributed by atoms with Crippen LogP contribution in [0.2, 0.25) is 5.02 Å². The predicted molar refractivity (Wildman–Crippen MR) is 138 cm³/mol. The largest absolute Gasteiger partial charge is 0.415 e. The van der Waals surface area contributed by atoms with Gasteiger partial charge in [0.15, 0.2) is 5.75 Å². The minimum absolute atomic E-state index is 0.0922. The summed E-state index contributed by atoms with van der Waals surface area (Å²) in [6, 6.07) is 7.28. The molecule has 2 aromatic rings. The van der Waals surface area contributed by atoms with Crippen LogP contribution in [0.25, 0.3) is 0 Å². The molecule has 0 N–H and O–H groups in total. The van der Waals surface area contributed by atoms with E-state index in [-0.39, 0.29) is 57.6 Å². The number of hydrogen-bond acceptors (Lipinski definition) is 11. The van der Waals surface area contributed by atoms with Gasteiger partial charge in [-0.1, -0.05) is 23.7 Å². The van der Waals surface area contributed by atoms with Crippen LogP contribution in [0.5, 0.6) is 5.75 Å². The number of rotatable bonds is 7. The first kappa shape index (κ1) is 28.3. The van der Waals surface area contributed by atoms with Crippen molar-refractivity contribution in [2.75, 3.05) is 26.2 Å². The molecule has 1 saturated carbocycles. The van der Waals surface area contributed by atoms with E-state index in [2.05, 4.69) is 14.7 Å². The van der Waals surface area contributed by atoms with Crippen LogP contribution in [0.4, 0.5) is 4.79 Å². The lowest BCUT2D eigenvalue weighted by Crippen LogP contribution is -2.52. The van der Waals surface area contributed by atoms with Crippen LogP contribution in [-0.4, -0.2) is 75.3 Å². The van der Waals surface area contributed by atoms with Gasteiger partial charge in [0, 0.05) is 54.4 Å². The molecule has 41 heavy (non-hydrogen) atoms. The van der Waals surface area contributed by atoms with Crippen LogP contribution in [0, 0.1) is 33.1 Å². The highest BCUT2D eigenvalue weighted by molar-refractivity contribution is 6.30. The molecule has 16 heteroatoms. The van der Waals surface area contributed by atoms with Crippen molar-refractivity contribution < 1.29 is 38.9 Å². The number of piperazine rings is 1. The summed E-state index contributed by atoms with van der Waals surface area (Å²) in [6.45, 7) is 2.73. The highest BCUT2D eigenvalue weighted by Gasteiger charge is 2.44.